The second kappa shape index (κ2) is 9.28. The van der Waals surface area contributed by atoms with E-state index in [1.165, 1.54) is 5.56 Å². The van der Waals surface area contributed by atoms with Crippen molar-refractivity contribution in [1.29, 1.82) is 0 Å². The molecule has 0 atom stereocenters. The summed E-state index contributed by atoms with van der Waals surface area (Å²) in [5.41, 5.74) is 1.69. The molecular formula is C24H23ClN2O3. The summed E-state index contributed by atoms with van der Waals surface area (Å²) in [4.78, 5) is 28.4. The molecule has 154 valence electrons. The first-order valence-corrected chi connectivity index (χ1v) is 10.4. The highest BCUT2D eigenvalue weighted by Crippen LogP contribution is 2.26. The molecule has 1 aliphatic heterocycles. The third-order valence-corrected chi connectivity index (χ3v) is 5.70. The Hall–Kier alpha value is -2.89. The molecule has 6 heteroatoms. The van der Waals surface area contributed by atoms with Crippen LogP contribution in [0.4, 0.5) is 0 Å². The molecule has 30 heavy (non-hydrogen) atoms. The Morgan fingerprint density at radius 2 is 1.70 bits per heavy atom. The predicted molar refractivity (Wildman–Crippen MR) is 118 cm³/mol. The quantitative estimate of drug-likeness (QED) is 0.563. The van der Waals surface area contributed by atoms with Gasteiger partial charge in [0.1, 0.15) is 5.75 Å². The number of carbonyl (C=O) groups is 2. The van der Waals surface area contributed by atoms with Gasteiger partial charge in [0.05, 0.1) is 5.56 Å². The van der Waals surface area contributed by atoms with Crippen LogP contribution in [0.15, 0.2) is 60.7 Å². The van der Waals surface area contributed by atoms with Crippen molar-refractivity contribution in [2.45, 2.75) is 6.54 Å². The third-order valence-electron chi connectivity index (χ3n) is 5.44. The molecule has 1 heterocycles. The summed E-state index contributed by atoms with van der Waals surface area (Å²) in [6, 6.07) is 19.1. The maximum Gasteiger partial charge on any atom is 0.260 e. The number of amides is 1. The van der Waals surface area contributed by atoms with E-state index in [-0.39, 0.29) is 12.5 Å². The number of hydrogen-bond acceptors (Lipinski definition) is 4. The first-order valence-electron chi connectivity index (χ1n) is 9.98. The van der Waals surface area contributed by atoms with E-state index in [1.54, 1.807) is 6.07 Å². The molecule has 5 nitrogen and oxygen atoms in total. The average Bonchev–Trinajstić information content (AvgIpc) is 2.79. The van der Waals surface area contributed by atoms with Gasteiger partial charge in [-0.15, -0.1) is 0 Å². The Labute approximate surface area is 180 Å². The van der Waals surface area contributed by atoms with Crippen LogP contribution in [0.2, 0.25) is 5.02 Å². The van der Waals surface area contributed by atoms with Crippen LogP contribution in [-0.2, 0) is 11.3 Å². The van der Waals surface area contributed by atoms with Crippen LogP contribution in [0, 0.1) is 0 Å². The number of aldehydes is 1. The van der Waals surface area contributed by atoms with Crippen molar-refractivity contribution in [3.05, 3.63) is 76.8 Å². The molecule has 1 saturated heterocycles. The standard InChI is InChI=1S/C24H23ClN2O3/c25-20-8-5-18(6-9-20)15-26-11-13-27(14-12-26)24(29)17-30-23-10-7-19-3-1-2-4-21(19)22(23)16-28/h1-10,16H,11-15,17H2. The molecule has 1 amide bonds. The lowest BCUT2D eigenvalue weighted by molar-refractivity contribution is -0.135. The fraction of sp³-hybridized carbons (Fsp3) is 0.250. The third kappa shape index (κ3) is 4.64. The molecule has 0 aromatic heterocycles. The van der Waals surface area contributed by atoms with Crippen molar-refractivity contribution < 1.29 is 14.3 Å². The highest BCUT2D eigenvalue weighted by Gasteiger charge is 2.22. The summed E-state index contributed by atoms with van der Waals surface area (Å²) in [6.45, 7) is 3.71. The van der Waals surface area contributed by atoms with Gasteiger partial charge in [-0.05, 0) is 34.5 Å². The molecule has 0 bridgehead atoms. The van der Waals surface area contributed by atoms with Gasteiger partial charge in [0.25, 0.3) is 5.91 Å². The molecule has 3 aromatic rings. The van der Waals surface area contributed by atoms with Crippen LogP contribution in [0.25, 0.3) is 10.8 Å². The van der Waals surface area contributed by atoms with E-state index >= 15 is 0 Å². The van der Waals surface area contributed by atoms with E-state index in [2.05, 4.69) is 4.90 Å². The number of nitrogens with zero attached hydrogens (tertiary/aromatic N) is 2. The highest BCUT2D eigenvalue weighted by molar-refractivity contribution is 6.30. The summed E-state index contributed by atoms with van der Waals surface area (Å²) in [5, 5.41) is 2.53. The molecule has 3 aromatic carbocycles. The van der Waals surface area contributed by atoms with Crippen molar-refractivity contribution in [3.8, 4) is 5.75 Å². The van der Waals surface area contributed by atoms with Gasteiger partial charge in [0.15, 0.2) is 12.9 Å². The maximum atomic E-state index is 12.6. The molecular weight excluding hydrogens is 400 g/mol. The van der Waals surface area contributed by atoms with E-state index in [1.807, 2.05) is 59.5 Å². The first kappa shape index (κ1) is 20.4. The van der Waals surface area contributed by atoms with E-state index < -0.39 is 0 Å². The molecule has 0 unspecified atom stereocenters. The SMILES string of the molecule is O=Cc1c(OCC(=O)N2CCN(Cc3ccc(Cl)cc3)CC2)ccc2ccccc12. The molecule has 0 N–H and O–H groups in total. The summed E-state index contributed by atoms with van der Waals surface area (Å²) in [5.74, 6) is 0.379. The second-order valence-corrected chi connectivity index (χ2v) is 7.82. The smallest absolute Gasteiger partial charge is 0.260 e. The van der Waals surface area contributed by atoms with Crippen LogP contribution in [0.1, 0.15) is 15.9 Å². The Kier molecular flexibility index (Phi) is 6.31. The van der Waals surface area contributed by atoms with Gasteiger partial charge in [-0.2, -0.15) is 0 Å². The number of rotatable bonds is 6. The Bertz CT molecular complexity index is 1040. The monoisotopic (exact) mass is 422 g/mol. The van der Waals surface area contributed by atoms with E-state index in [4.69, 9.17) is 16.3 Å². The zero-order valence-electron chi connectivity index (χ0n) is 16.6. The summed E-state index contributed by atoms with van der Waals surface area (Å²) in [6.07, 6.45) is 0.789. The van der Waals surface area contributed by atoms with Crippen LogP contribution >= 0.6 is 11.6 Å². The zero-order valence-corrected chi connectivity index (χ0v) is 17.3. The Morgan fingerprint density at radius 3 is 2.43 bits per heavy atom. The van der Waals surface area contributed by atoms with Crippen molar-refractivity contribution >= 4 is 34.6 Å². The van der Waals surface area contributed by atoms with E-state index in [0.717, 1.165) is 41.7 Å². The molecule has 1 fully saturated rings. The first-order chi connectivity index (χ1) is 14.6. The number of benzene rings is 3. The summed E-state index contributed by atoms with van der Waals surface area (Å²) < 4.78 is 5.74. The lowest BCUT2D eigenvalue weighted by Gasteiger charge is -2.34. The van der Waals surface area contributed by atoms with Crippen LogP contribution < -0.4 is 4.74 Å². The van der Waals surface area contributed by atoms with Crippen LogP contribution in [0.5, 0.6) is 5.75 Å². The second-order valence-electron chi connectivity index (χ2n) is 7.39. The molecule has 0 saturated carbocycles. The average molecular weight is 423 g/mol. The minimum Gasteiger partial charge on any atom is -0.483 e. The predicted octanol–water partition coefficient (Wildman–Crippen LogP) is 4.03. The molecule has 0 aliphatic carbocycles. The number of hydrogen-bond donors (Lipinski definition) is 0. The van der Waals surface area contributed by atoms with E-state index in [0.29, 0.717) is 24.4 Å². The Morgan fingerprint density at radius 1 is 0.967 bits per heavy atom. The van der Waals surface area contributed by atoms with Crippen molar-refractivity contribution in [2.75, 3.05) is 32.8 Å². The normalized spacial score (nSPS) is 14.6. The van der Waals surface area contributed by atoms with Gasteiger partial charge in [0, 0.05) is 37.7 Å². The van der Waals surface area contributed by atoms with Crippen LogP contribution in [0.3, 0.4) is 0 Å². The van der Waals surface area contributed by atoms with Gasteiger partial charge in [-0.25, -0.2) is 0 Å². The van der Waals surface area contributed by atoms with Crippen molar-refractivity contribution in [1.82, 2.24) is 9.80 Å². The minimum atomic E-state index is -0.0731. The van der Waals surface area contributed by atoms with Gasteiger partial charge >= 0.3 is 0 Å². The summed E-state index contributed by atoms with van der Waals surface area (Å²) >= 11 is 5.94. The largest absolute Gasteiger partial charge is 0.483 e. The summed E-state index contributed by atoms with van der Waals surface area (Å²) in [7, 11) is 0. The minimum absolute atomic E-state index is 0.0637. The van der Waals surface area contributed by atoms with Crippen molar-refractivity contribution in [2.24, 2.45) is 0 Å². The topological polar surface area (TPSA) is 49.9 Å². The van der Waals surface area contributed by atoms with E-state index in [9.17, 15) is 9.59 Å². The van der Waals surface area contributed by atoms with Crippen molar-refractivity contribution in [3.63, 3.8) is 0 Å². The molecule has 0 spiro atoms. The van der Waals surface area contributed by atoms with Gasteiger partial charge in [-0.1, -0.05) is 54.1 Å². The van der Waals surface area contributed by atoms with Gasteiger partial charge in [-0.3, -0.25) is 14.5 Å². The number of halogens is 1. The number of fused-ring (bicyclic) bond motifs is 1. The highest BCUT2D eigenvalue weighted by atomic mass is 35.5. The molecule has 1 aliphatic rings. The maximum absolute atomic E-state index is 12.6. The number of ether oxygens (including phenoxy) is 1. The van der Waals surface area contributed by atoms with Gasteiger partial charge in [0.2, 0.25) is 0 Å². The lowest BCUT2D eigenvalue weighted by Crippen LogP contribution is -2.49. The van der Waals surface area contributed by atoms with Gasteiger partial charge < -0.3 is 9.64 Å². The lowest BCUT2D eigenvalue weighted by atomic mass is 10.0. The fourth-order valence-electron chi connectivity index (χ4n) is 3.76. The Balaban J connectivity index is 1.32. The molecule has 4 rings (SSSR count). The van der Waals surface area contributed by atoms with Crippen LogP contribution in [-0.4, -0.2) is 54.8 Å². The number of carbonyl (C=O) groups excluding carboxylic acids is 2. The number of piperazine rings is 1. The molecule has 0 radical (unpaired) electrons. The fourth-order valence-corrected chi connectivity index (χ4v) is 3.88. The zero-order chi connectivity index (χ0) is 20.9.